The fourth-order valence-electron chi connectivity index (χ4n) is 2.47. The molecule has 6 heteroatoms. The van der Waals surface area contributed by atoms with Gasteiger partial charge in [-0.1, -0.05) is 37.3 Å². The molecule has 1 aromatic carbocycles. The van der Waals surface area contributed by atoms with Crippen LogP contribution in [0.2, 0.25) is 0 Å². The molecule has 2 heterocycles. The molecule has 0 bridgehead atoms. The molecule has 3 aromatic rings. The lowest BCUT2D eigenvalue weighted by atomic mass is 10.2. The summed E-state index contributed by atoms with van der Waals surface area (Å²) in [6.45, 7) is 3.09. The lowest BCUT2D eigenvalue weighted by molar-refractivity contribution is 0.0741. The van der Waals surface area contributed by atoms with E-state index in [0.29, 0.717) is 18.1 Å². The lowest BCUT2D eigenvalue weighted by Crippen LogP contribution is -2.35. The molecule has 0 aliphatic rings. The Labute approximate surface area is 137 Å². The third kappa shape index (κ3) is 3.17. The zero-order chi connectivity index (χ0) is 16.2. The Morgan fingerprint density at radius 1 is 1.30 bits per heavy atom. The van der Waals surface area contributed by atoms with Crippen LogP contribution in [-0.4, -0.2) is 26.7 Å². The summed E-state index contributed by atoms with van der Waals surface area (Å²) in [6, 6.07) is 9.78. The number of nitrogens with zero attached hydrogens (tertiary/aromatic N) is 3. The summed E-state index contributed by atoms with van der Waals surface area (Å²) in [4.78, 5) is 31.8. The molecule has 0 aliphatic heterocycles. The van der Waals surface area contributed by atoms with Gasteiger partial charge in [-0.2, -0.15) is 0 Å². The Bertz CT molecular complexity index is 870. The summed E-state index contributed by atoms with van der Waals surface area (Å²) in [7, 11) is 0. The second kappa shape index (κ2) is 6.75. The molecule has 0 atom stereocenters. The third-order valence-electron chi connectivity index (χ3n) is 3.57. The minimum absolute atomic E-state index is 0.116. The highest BCUT2D eigenvalue weighted by Gasteiger charge is 2.20. The van der Waals surface area contributed by atoms with Gasteiger partial charge in [0.05, 0.1) is 0 Å². The molecule has 0 unspecified atom stereocenters. The van der Waals surface area contributed by atoms with Gasteiger partial charge < -0.3 is 4.90 Å². The van der Waals surface area contributed by atoms with Crippen LogP contribution in [0.5, 0.6) is 0 Å². The van der Waals surface area contributed by atoms with Gasteiger partial charge in [0.15, 0.2) is 4.96 Å². The van der Waals surface area contributed by atoms with Gasteiger partial charge in [0.25, 0.3) is 11.5 Å². The molecular weight excluding hydrogens is 310 g/mol. The van der Waals surface area contributed by atoms with Gasteiger partial charge in [0, 0.05) is 30.9 Å². The highest BCUT2D eigenvalue weighted by Crippen LogP contribution is 2.10. The van der Waals surface area contributed by atoms with Crippen LogP contribution in [0, 0.1) is 0 Å². The maximum absolute atomic E-state index is 12.8. The predicted molar refractivity (Wildman–Crippen MR) is 90.8 cm³/mol. The van der Waals surface area contributed by atoms with Crippen LogP contribution in [0.4, 0.5) is 0 Å². The zero-order valence-electron chi connectivity index (χ0n) is 12.8. The van der Waals surface area contributed by atoms with E-state index in [1.54, 1.807) is 16.5 Å². The summed E-state index contributed by atoms with van der Waals surface area (Å²) in [5.74, 6) is -0.270. The maximum atomic E-state index is 12.8. The molecule has 5 nitrogen and oxygen atoms in total. The molecular formula is C17H17N3O2S. The Kier molecular flexibility index (Phi) is 4.52. The van der Waals surface area contributed by atoms with Crippen molar-refractivity contribution in [3.8, 4) is 0 Å². The van der Waals surface area contributed by atoms with Crippen LogP contribution in [0.3, 0.4) is 0 Å². The van der Waals surface area contributed by atoms with Gasteiger partial charge in [-0.15, -0.1) is 11.3 Å². The van der Waals surface area contributed by atoms with Crippen molar-refractivity contribution in [1.82, 2.24) is 14.3 Å². The van der Waals surface area contributed by atoms with Gasteiger partial charge in [0.2, 0.25) is 0 Å². The summed E-state index contributed by atoms with van der Waals surface area (Å²) in [5.41, 5.74) is 0.847. The normalized spacial score (nSPS) is 10.8. The van der Waals surface area contributed by atoms with Crippen molar-refractivity contribution in [2.24, 2.45) is 0 Å². The van der Waals surface area contributed by atoms with Crippen molar-refractivity contribution in [2.45, 2.75) is 19.9 Å². The number of rotatable bonds is 5. The molecule has 3 rings (SSSR count). The molecule has 118 valence electrons. The Balaban J connectivity index is 1.93. The van der Waals surface area contributed by atoms with E-state index in [0.717, 1.165) is 12.0 Å². The minimum atomic E-state index is -0.310. The monoisotopic (exact) mass is 327 g/mol. The van der Waals surface area contributed by atoms with E-state index in [9.17, 15) is 9.59 Å². The van der Waals surface area contributed by atoms with Gasteiger partial charge >= 0.3 is 0 Å². The second-order valence-corrected chi connectivity index (χ2v) is 6.12. The topological polar surface area (TPSA) is 54.7 Å². The number of aromatic nitrogens is 2. The molecule has 0 fully saturated rings. The molecule has 0 N–H and O–H groups in total. The van der Waals surface area contributed by atoms with Gasteiger partial charge in [0.1, 0.15) is 5.56 Å². The molecule has 0 saturated carbocycles. The number of carbonyl (C=O) groups is 1. The SMILES string of the molecule is CCCN(Cc1ccccc1)C(=O)c1cnc2sccn2c1=O. The first-order chi connectivity index (χ1) is 11.2. The largest absolute Gasteiger partial charge is 0.334 e. The van der Waals surface area contributed by atoms with Crippen molar-refractivity contribution < 1.29 is 4.79 Å². The average molecular weight is 327 g/mol. The summed E-state index contributed by atoms with van der Waals surface area (Å²) in [5, 5.41) is 1.78. The first-order valence-electron chi connectivity index (χ1n) is 7.48. The Morgan fingerprint density at radius 3 is 2.83 bits per heavy atom. The van der Waals surface area contributed by atoms with E-state index in [2.05, 4.69) is 4.98 Å². The maximum Gasteiger partial charge on any atom is 0.271 e. The summed E-state index contributed by atoms with van der Waals surface area (Å²) < 4.78 is 1.42. The van der Waals surface area contributed by atoms with E-state index >= 15 is 0 Å². The van der Waals surface area contributed by atoms with Crippen molar-refractivity contribution in [3.05, 3.63) is 69.6 Å². The van der Waals surface area contributed by atoms with Crippen LogP contribution in [0.25, 0.3) is 4.96 Å². The average Bonchev–Trinajstić information content (AvgIpc) is 3.05. The summed E-state index contributed by atoms with van der Waals surface area (Å²) in [6.07, 6.45) is 3.87. The van der Waals surface area contributed by atoms with E-state index in [-0.39, 0.29) is 17.0 Å². The number of fused-ring (bicyclic) bond motifs is 1. The highest BCUT2D eigenvalue weighted by atomic mass is 32.1. The third-order valence-corrected chi connectivity index (χ3v) is 4.34. The standard InChI is InChI=1S/C17H17N3O2S/c1-2-8-19(12-13-6-4-3-5-7-13)15(21)14-11-18-17-20(16(14)22)9-10-23-17/h3-7,9-11H,2,8,12H2,1H3. The minimum Gasteiger partial charge on any atom is -0.334 e. The smallest absolute Gasteiger partial charge is 0.271 e. The molecule has 2 aromatic heterocycles. The lowest BCUT2D eigenvalue weighted by Gasteiger charge is -2.22. The van der Waals surface area contributed by atoms with Crippen molar-refractivity contribution in [1.29, 1.82) is 0 Å². The predicted octanol–water partition coefficient (Wildman–Crippen LogP) is 2.81. The van der Waals surface area contributed by atoms with Crippen LogP contribution >= 0.6 is 11.3 Å². The van der Waals surface area contributed by atoms with E-state index in [1.807, 2.05) is 37.3 Å². The van der Waals surface area contributed by atoms with Crippen molar-refractivity contribution >= 4 is 22.2 Å². The van der Waals surface area contributed by atoms with E-state index < -0.39 is 0 Å². The Hall–Kier alpha value is -2.47. The van der Waals surface area contributed by atoms with Gasteiger partial charge in [-0.05, 0) is 12.0 Å². The number of hydrogen-bond donors (Lipinski definition) is 0. The van der Waals surface area contributed by atoms with E-state index in [1.165, 1.54) is 21.9 Å². The number of amides is 1. The van der Waals surface area contributed by atoms with Crippen LogP contribution in [0.15, 0.2) is 52.9 Å². The summed E-state index contributed by atoms with van der Waals surface area (Å²) >= 11 is 1.37. The number of hydrogen-bond acceptors (Lipinski definition) is 4. The van der Waals surface area contributed by atoms with Gasteiger partial charge in [-0.25, -0.2) is 4.98 Å². The van der Waals surface area contributed by atoms with Crippen LogP contribution in [0.1, 0.15) is 29.3 Å². The molecule has 1 amide bonds. The second-order valence-electron chi connectivity index (χ2n) is 5.24. The highest BCUT2D eigenvalue weighted by molar-refractivity contribution is 7.15. The first-order valence-corrected chi connectivity index (χ1v) is 8.36. The fraction of sp³-hybridized carbons (Fsp3) is 0.235. The zero-order valence-corrected chi connectivity index (χ0v) is 13.6. The fourth-order valence-corrected chi connectivity index (χ4v) is 3.14. The Morgan fingerprint density at radius 2 is 2.09 bits per heavy atom. The molecule has 23 heavy (non-hydrogen) atoms. The molecule has 0 saturated heterocycles. The van der Waals surface area contributed by atoms with Crippen LogP contribution < -0.4 is 5.56 Å². The number of thiazole rings is 1. The van der Waals surface area contributed by atoms with Crippen molar-refractivity contribution in [2.75, 3.05) is 6.54 Å². The van der Waals surface area contributed by atoms with E-state index in [4.69, 9.17) is 0 Å². The molecule has 0 aliphatic carbocycles. The molecule has 0 spiro atoms. The number of benzene rings is 1. The van der Waals surface area contributed by atoms with Crippen LogP contribution in [-0.2, 0) is 6.54 Å². The van der Waals surface area contributed by atoms with Crippen molar-refractivity contribution in [3.63, 3.8) is 0 Å². The van der Waals surface area contributed by atoms with Gasteiger partial charge in [-0.3, -0.25) is 14.0 Å². The molecule has 0 radical (unpaired) electrons. The quantitative estimate of drug-likeness (QED) is 0.724. The first kappa shape index (κ1) is 15.4. The number of carbonyl (C=O) groups excluding carboxylic acids is 1.